The Hall–Kier alpha value is -0.0800. The summed E-state index contributed by atoms with van der Waals surface area (Å²) in [4.78, 5) is 0. The Bertz CT molecular complexity index is 284. The highest BCUT2D eigenvalue weighted by atomic mass is 16.5. The van der Waals surface area contributed by atoms with Crippen molar-refractivity contribution in [1.82, 2.24) is 5.32 Å². The summed E-state index contributed by atoms with van der Waals surface area (Å²) in [5.41, 5.74) is 0.604. The molecule has 0 aromatic carbocycles. The minimum atomic E-state index is 0.0969. The van der Waals surface area contributed by atoms with Gasteiger partial charge in [-0.2, -0.15) is 0 Å². The van der Waals surface area contributed by atoms with E-state index in [1.807, 2.05) is 7.11 Å². The van der Waals surface area contributed by atoms with Gasteiger partial charge < -0.3 is 10.1 Å². The zero-order valence-corrected chi connectivity index (χ0v) is 14.1. The topological polar surface area (TPSA) is 21.3 Å². The molecule has 1 unspecified atom stereocenters. The summed E-state index contributed by atoms with van der Waals surface area (Å²) in [6.07, 6.45) is 11.9. The Kier molecular flexibility index (Phi) is 5.53. The molecule has 2 rings (SSSR count). The predicted octanol–water partition coefficient (Wildman–Crippen LogP) is 4.53. The summed E-state index contributed by atoms with van der Waals surface area (Å²) < 4.78 is 6.18. The van der Waals surface area contributed by atoms with Crippen LogP contribution in [0.3, 0.4) is 0 Å². The van der Waals surface area contributed by atoms with E-state index in [4.69, 9.17) is 4.74 Å². The molecule has 1 N–H and O–H groups in total. The van der Waals surface area contributed by atoms with Gasteiger partial charge in [0.1, 0.15) is 0 Å². The summed E-state index contributed by atoms with van der Waals surface area (Å²) in [6.45, 7) is 8.23. The summed E-state index contributed by atoms with van der Waals surface area (Å²) in [5, 5.41) is 3.88. The fourth-order valence-electron chi connectivity index (χ4n) is 4.36. The van der Waals surface area contributed by atoms with E-state index < -0.39 is 0 Å². The predicted molar refractivity (Wildman–Crippen MR) is 86.0 cm³/mol. The molecule has 2 saturated carbocycles. The Morgan fingerprint density at radius 1 is 1.10 bits per heavy atom. The van der Waals surface area contributed by atoms with Crippen molar-refractivity contribution >= 4 is 0 Å². The van der Waals surface area contributed by atoms with Crippen LogP contribution < -0.4 is 5.32 Å². The summed E-state index contributed by atoms with van der Waals surface area (Å²) >= 11 is 0. The maximum atomic E-state index is 6.18. The highest BCUT2D eigenvalue weighted by Crippen LogP contribution is 2.46. The molecule has 2 aliphatic carbocycles. The van der Waals surface area contributed by atoms with Gasteiger partial charge in [-0.3, -0.25) is 0 Å². The van der Waals surface area contributed by atoms with E-state index in [-0.39, 0.29) is 5.60 Å². The van der Waals surface area contributed by atoms with Crippen molar-refractivity contribution in [2.75, 3.05) is 13.7 Å². The zero-order valence-electron chi connectivity index (χ0n) is 14.1. The number of methoxy groups -OCH3 is 1. The lowest BCUT2D eigenvalue weighted by atomic mass is 9.66. The molecule has 0 bridgehead atoms. The quantitative estimate of drug-likeness (QED) is 0.772. The van der Waals surface area contributed by atoms with Gasteiger partial charge in [0.15, 0.2) is 0 Å². The third-order valence-electron chi connectivity index (χ3n) is 5.91. The van der Waals surface area contributed by atoms with Gasteiger partial charge in [-0.15, -0.1) is 0 Å². The Labute approximate surface area is 126 Å². The number of rotatable bonds is 6. The Morgan fingerprint density at radius 3 is 2.20 bits per heavy atom. The summed E-state index contributed by atoms with van der Waals surface area (Å²) in [5.74, 6) is 0.836. The fraction of sp³-hybridized carbons (Fsp3) is 1.00. The fourth-order valence-corrected chi connectivity index (χ4v) is 4.36. The molecule has 20 heavy (non-hydrogen) atoms. The Morgan fingerprint density at radius 2 is 1.70 bits per heavy atom. The highest BCUT2D eigenvalue weighted by Gasteiger charge is 2.47. The normalized spacial score (nSPS) is 27.6. The number of hydrogen-bond donors (Lipinski definition) is 1. The monoisotopic (exact) mass is 281 g/mol. The standard InChI is InChI=1S/C18H35NO/c1-5-14-19-16(15-8-6-7-9-15)18(20-4)12-10-17(2,3)11-13-18/h15-16,19H,5-14H2,1-4H3. The Balaban J connectivity index is 2.11. The molecule has 118 valence electrons. The van der Waals surface area contributed by atoms with E-state index in [1.165, 1.54) is 57.8 Å². The second-order valence-corrected chi connectivity index (χ2v) is 7.91. The molecule has 0 aliphatic heterocycles. The molecule has 1 atom stereocenters. The lowest BCUT2D eigenvalue weighted by Crippen LogP contribution is -2.57. The van der Waals surface area contributed by atoms with Gasteiger partial charge in [0.05, 0.1) is 5.60 Å². The largest absolute Gasteiger partial charge is 0.377 e. The van der Waals surface area contributed by atoms with Crippen LogP contribution in [0.1, 0.15) is 78.6 Å². The van der Waals surface area contributed by atoms with Crippen molar-refractivity contribution in [3.63, 3.8) is 0 Å². The SMILES string of the molecule is CCCNC(C1CCCC1)C1(OC)CCC(C)(C)CC1. The van der Waals surface area contributed by atoms with Crippen molar-refractivity contribution in [2.45, 2.75) is 90.2 Å². The lowest BCUT2D eigenvalue weighted by Gasteiger charge is -2.49. The van der Waals surface area contributed by atoms with E-state index in [0.717, 1.165) is 12.5 Å². The molecule has 0 radical (unpaired) electrons. The first-order chi connectivity index (χ1) is 9.53. The van der Waals surface area contributed by atoms with Crippen LogP contribution in [-0.4, -0.2) is 25.3 Å². The molecular weight excluding hydrogens is 246 g/mol. The van der Waals surface area contributed by atoms with Crippen LogP contribution in [0.25, 0.3) is 0 Å². The van der Waals surface area contributed by atoms with Crippen LogP contribution in [-0.2, 0) is 4.74 Å². The highest BCUT2D eigenvalue weighted by molar-refractivity contribution is 5.02. The van der Waals surface area contributed by atoms with Gasteiger partial charge in [-0.1, -0.05) is 33.6 Å². The molecule has 0 saturated heterocycles. The van der Waals surface area contributed by atoms with Gasteiger partial charge in [0.25, 0.3) is 0 Å². The maximum Gasteiger partial charge on any atom is 0.0834 e. The molecule has 0 amide bonds. The summed E-state index contributed by atoms with van der Waals surface area (Å²) in [6, 6.07) is 0.575. The van der Waals surface area contributed by atoms with Crippen LogP contribution in [0.5, 0.6) is 0 Å². The lowest BCUT2D eigenvalue weighted by molar-refractivity contribution is -0.0982. The molecule has 0 spiro atoms. The van der Waals surface area contributed by atoms with Crippen molar-refractivity contribution in [3.05, 3.63) is 0 Å². The van der Waals surface area contributed by atoms with Crippen LogP contribution >= 0.6 is 0 Å². The molecule has 0 heterocycles. The number of hydrogen-bond acceptors (Lipinski definition) is 2. The first kappa shape index (κ1) is 16.3. The molecule has 2 nitrogen and oxygen atoms in total. The van der Waals surface area contributed by atoms with E-state index in [0.29, 0.717) is 11.5 Å². The van der Waals surface area contributed by atoms with Crippen molar-refractivity contribution in [1.29, 1.82) is 0 Å². The van der Waals surface area contributed by atoms with Crippen LogP contribution in [0.4, 0.5) is 0 Å². The minimum absolute atomic E-state index is 0.0969. The van der Waals surface area contributed by atoms with E-state index in [2.05, 4.69) is 26.1 Å². The van der Waals surface area contributed by atoms with Gasteiger partial charge in [-0.05, 0) is 62.8 Å². The molecule has 0 aromatic rings. The number of ether oxygens (including phenoxy) is 1. The van der Waals surface area contributed by atoms with Gasteiger partial charge >= 0.3 is 0 Å². The molecular formula is C18H35NO. The van der Waals surface area contributed by atoms with Crippen molar-refractivity contribution in [2.24, 2.45) is 11.3 Å². The van der Waals surface area contributed by atoms with Gasteiger partial charge in [-0.25, -0.2) is 0 Å². The van der Waals surface area contributed by atoms with Crippen LogP contribution in [0, 0.1) is 11.3 Å². The third kappa shape index (κ3) is 3.57. The minimum Gasteiger partial charge on any atom is -0.377 e. The van der Waals surface area contributed by atoms with Crippen molar-refractivity contribution in [3.8, 4) is 0 Å². The zero-order chi connectivity index (χ0) is 14.6. The second kappa shape index (κ2) is 6.79. The first-order valence-electron chi connectivity index (χ1n) is 8.81. The molecule has 2 heteroatoms. The smallest absolute Gasteiger partial charge is 0.0834 e. The average Bonchev–Trinajstić information content (AvgIpc) is 2.95. The maximum absolute atomic E-state index is 6.18. The van der Waals surface area contributed by atoms with Gasteiger partial charge in [0, 0.05) is 13.2 Å². The molecule has 2 aliphatic rings. The van der Waals surface area contributed by atoms with E-state index in [9.17, 15) is 0 Å². The first-order valence-corrected chi connectivity index (χ1v) is 8.81. The average molecular weight is 281 g/mol. The van der Waals surface area contributed by atoms with E-state index in [1.54, 1.807) is 0 Å². The number of nitrogens with one attached hydrogen (secondary N) is 1. The summed E-state index contributed by atoms with van der Waals surface area (Å²) in [7, 11) is 1.95. The van der Waals surface area contributed by atoms with Crippen molar-refractivity contribution < 1.29 is 4.74 Å². The van der Waals surface area contributed by atoms with Crippen LogP contribution in [0.15, 0.2) is 0 Å². The molecule has 2 fully saturated rings. The van der Waals surface area contributed by atoms with E-state index >= 15 is 0 Å². The second-order valence-electron chi connectivity index (χ2n) is 7.91. The van der Waals surface area contributed by atoms with Gasteiger partial charge in [0.2, 0.25) is 0 Å². The third-order valence-corrected chi connectivity index (χ3v) is 5.91. The van der Waals surface area contributed by atoms with Crippen LogP contribution in [0.2, 0.25) is 0 Å². The molecule has 0 aromatic heterocycles.